The molecule has 21 heavy (non-hydrogen) atoms. The van der Waals surface area contributed by atoms with Crippen LogP contribution in [0.5, 0.6) is 0 Å². The summed E-state index contributed by atoms with van der Waals surface area (Å²) in [6, 6.07) is 7.83. The molecule has 0 saturated carbocycles. The number of rotatable bonds is 6. The lowest BCUT2D eigenvalue weighted by Gasteiger charge is -2.05. The molecule has 2 rings (SSSR count). The molecular formula is C15H19N3OS2. The van der Waals surface area contributed by atoms with Crippen molar-refractivity contribution in [2.45, 2.75) is 30.9 Å². The number of hydrogen-bond acceptors (Lipinski definition) is 5. The third-order valence-corrected chi connectivity index (χ3v) is 5.29. The maximum atomic E-state index is 11.9. The number of carbonyl (C=O) groups is 1. The van der Waals surface area contributed by atoms with E-state index in [9.17, 15) is 4.79 Å². The number of thiazole rings is 1. The van der Waals surface area contributed by atoms with Gasteiger partial charge in [-0.05, 0) is 43.7 Å². The molecule has 0 spiro atoms. The molecule has 6 heteroatoms. The summed E-state index contributed by atoms with van der Waals surface area (Å²) in [6.07, 6.45) is 1.35. The summed E-state index contributed by atoms with van der Waals surface area (Å²) in [5.41, 5.74) is 8.64. The summed E-state index contributed by atoms with van der Waals surface area (Å²) in [5.74, 6) is 0.950. The van der Waals surface area contributed by atoms with Crippen LogP contribution < -0.4 is 11.1 Å². The van der Waals surface area contributed by atoms with E-state index in [-0.39, 0.29) is 5.91 Å². The number of benzene rings is 1. The van der Waals surface area contributed by atoms with Gasteiger partial charge in [0.1, 0.15) is 0 Å². The number of nitrogens with one attached hydrogen (secondary N) is 1. The van der Waals surface area contributed by atoms with Gasteiger partial charge in [-0.2, -0.15) is 0 Å². The van der Waals surface area contributed by atoms with E-state index < -0.39 is 0 Å². The summed E-state index contributed by atoms with van der Waals surface area (Å²) in [6.45, 7) is 3.97. The molecule has 3 N–H and O–H groups in total. The minimum Gasteiger partial charge on any atom is -0.375 e. The van der Waals surface area contributed by atoms with E-state index in [4.69, 9.17) is 5.73 Å². The van der Waals surface area contributed by atoms with E-state index in [0.29, 0.717) is 11.6 Å². The van der Waals surface area contributed by atoms with Gasteiger partial charge in [-0.15, -0.1) is 11.8 Å². The van der Waals surface area contributed by atoms with Crippen molar-refractivity contribution in [2.24, 2.45) is 0 Å². The molecule has 0 aliphatic carbocycles. The molecule has 0 unspecified atom stereocenters. The predicted molar refractivity (Wildman–Crippen MR) is 91.0 cm³/mol. The highest BCUT2D eigenvalue weighted by molar-refractivity contribution is 8.01. The Morgan fingerprint density at radius 3 is 2.90 bits per heavy atom. The fourth-order valence-electron chi connectivity index (χ4n) is 1.88. The number of hydrogen-bond donors (Lipinski definition) is 2. The highest BCUT2D eigenvalue weighted by Crippen LogP contribution is 2.30. The number of aromatic nitrogens is 1. The lowest BCUT2D eigenvalue weighted by molar-refractivity contribution is -0.116. The SMILES string of the molecule is Cc1cccc(NC(=O)CCCSc2sc(N)nc2C)c1. The van der Waals surface area contributed by atoms with Gasteiger partial charge in [-0.1, -0.05) is 23.5 Å². The van der Waals surface area contributed by atoms with Gasteiger partial charge in [-0.3, -0.25) is 4.79 Å². The normalized spacial score (nSPS) is 10.6. The minimum absolute atomic E-state index is 0.0572. The van der Waals surface area contributed by atoms with Crippen LogP contribution in [0.25, 0.3) is 0 Å². The maximum absolute atomic E-state index is 11.9. The molecular weight excluding hydrogens is 302 g/mol. The first-order valence-corrected chi connectivity index (χ1v) is 8.57. The largest absolute Gasteiger partial charge is 0.375 e. The first-order chi connectivity index (χ1) is 10.0. The molecule has 0 bridgehead atoms. The van der Waals surface area contributed by atoms with Crippen molar-refractivity contribution in [1.29, 1.82) is 0 Å². The van der Waals surface area contributed by atoms with Crippen molar-refractivity contribution in [3.63, 3.8) is 0 Å². The molecule has 0 radical (unpaired) electrons. The molecule has 1 aromatic heterocycles. The van der Waals surface area contributed by atoms with Gasteiger partial charge >= 0.3 is 0 Å². The van der Waals surface area contributed by atoms with E-state index >= 15 is 0 Å². The third-order valence-electron chi connectivity index (χ3n) is 2.85. The summed E-state index contributed by atoms with van der Waals surface area (Å²) >= 11 is 3.22. The topological polar surface area (TPSA) is 68.0 Å². The fourth-order valence-corrected chi connectivity index (χ4v) is 3.92. The average molecular weight is 321 g/mol. The summed E-state index contributed by atoms with van der Waals surface area (Å²) in [7, 11) is 0. The van der Waals surface area contributed by atoms with Crippen LogP contribution in [-0.2, 0) is 4.79 Å². The Morgan fingerprint density at radius 2 is 2.24 bits per heavy atom. The standard InChI is InChI=1S/C15H19N3OS2/c1-10-5-3-6-12(9-10)18-13(19)7-4-8-20-14-11(2)17-15(16)21-14/h3,5-6,9H,4,7-8H2,1-2H3,(H2,16,17)(H,18,19). The molecule has 1 aromatic carbocycles. The number of amides is 1. The molecule has 0 aliphatic rings. The Bertz CT molecular complexity index is 625. The van der Waals surface area contributed by atoms with Crippen molar-refractivity contribution in [1.82, 2.24) is 4.98 Å². The van der Waals surface area contributed by atoms with Gasteiger partial charge in [-0.25, -0.2) is 4.98 Å². The minimum atomic E-state index is 0.0572. The number of aryl methyl sites for hydroxylation is 2. The molecule has 1 heterocycles. The smallest absolute Gasteiger partial charge is 0.224 e. The molecule has 2 aromatic rings. The Morgan fingerprint density at radius 1 is 1.43 bits per heavy atom. The highest BCUT2D eigenvalue weighted by Gasteiger charge is 2.07. The van der Waals surface area contributed by atoms with E-state index in [1.807, 2.05) is 38.1 Å². The zero-order chi connectivity index (χ0) is 15.2. The average Bonchev–Trinajstić information content (AvgIpc) is 2.73. The van der Waals surface area contributed by atoms with Crippen LogP contribution in [0.3, 0.4) is 0 Å². The van der Waals surface area contributed by atoms with Crippen molar-refractivity contribution in [2.75, 3.05) is 16.8 Å². The van der Waals surface area contributed by atoms with Gasteiger partial charge in [0.2, 0.25) is 5.91 Å². The van der Waals surface area contributed by atoms with Crippen LogP contribution in [0.2, 0.25) is 0 Å². The van der Waals surface area contributed by atoms with Crippen LogP contribution in [0.15, 0.2) is 28.5 Å². The van der Waals surface area contributed by atoms with Gasteiger partial charge in [0.05, 0.1) is 9.90 Å². The molecule has 112 valence electrons. The molecule has 4 nitrogen and oxygen atoms in total. The lowest BCUT2D eigenvalue weighted by Crippen LogP contribution is -2.11. The van der Waals surface area contributed by atoms with E-state index in [1.165, 1.54) is 11.3 Å². The quantitative estimate of drug-likeness (QED) is 0.626. The zero-order valence-corrected chi connectivity index (χ0v) is 13.8. The van der Waals surface area contributed by atoms with Gasteiger partial charge < -0.3 is 11.1 Å². The van der Waals surface area contributed by atoms with Crippen LogP contribution in [0.1, 0.15) is 24.1 Å². The number of thioether (sulfide) groups is 1. The zero-order valence-electron chi connectivity index (χ0n) is 12.2. The van der Waals surface area contributed by atoms with Crippen LogP contribution in [0.4, 0.5) is 10.8 Å². The van der Waals surface area contributed by atoms with Crippen molar-refractivity contribution < 1.29 is 4.79 Å². The first-order valence-electron chi connectivity index (χ1n) is 6.77. The maximum Gasteiger partial charge on any atom is 0.224 e. The summed E-state index contributed by atoms with van der Waals surface area (Å²) in [4.78, 5) is 16.0. The van der Waals surface area contributed by atoms with Crippen molar-refractivity contribution >= 4 is 39.8 Å². The lowest BCUT2D eigenvalue weighted by atomic mass is 10.2. The summed E-state index contributed by atoms with van der Waals surface area (Å²) in [5, 5.41) is 3.52. The van der Waals surface area contributed by atoms with Gasteiger partial charge in [0.15, 0.2) is 5.13 Å². The number of anilines is 2. The molecule has 0 fully saturated rings. The Balaban J connectivity index is 1.71. The number of nitrogens with zero attached hydrogens (tertiary/aromatic N) is 1. The number of nitrogen functional groups attached to an aromatic ring is 1. The third kappa shape index (κ3) is 5.06. The highest BCUT2D eigenvalue weighted by atomic mass is 32.2. The van der Waals surface area contributed by atoms with E-state index in [1.54, 1.807) is 11.8 Å². The second-order valence-corrected chi connectivity index (χ2v) is 7.19. The Kier molecular flexibility index (Phi) is 5.64. The second kappa shape index (κ2) is 7.47. The van der Waals surface area contributed by atoms with Gasteiger partial charge in [0.25, 0.3) is 0 Å². The van der Waals surface area contributed by atoms with E-state index in [0.717, 1.165) is 33.3 Å². The van der Waals surface area contributed by atoms with Crippen molar-refractivity contribution in [3.05, 3.63) is 35.5 Å². The van der Waals surface area contributed by atoms with Crippen LogP contribution in [0, 0.1) is 13.8 Å². The predicted octanol–water partition coefficient (Wildman–Crippen LogP) is 3.85. The summed E-state index contributed by atoms with van der Waals surface area (Å²) < 4.78 is 1.14. The molecule has 1 amide bonds. The fraction of sp³-hybridized carbons (Fsp3) is 0.333. The van der Waals surface area contributed by atoms with E-state index in [2.05, 4.69) is 10.3 Å². The van der Waals surface area contributed by atoms with Crippen molar-refractivity contribution in [3.8, 4) is 0 Å². The number of carbonyl (C=O) groups excluding carboxylic acids is 1. The Hall–Kier alpha value is -1.53. The number of nitrogens with two attached hydrogens (primary N) is 1. The molecule has 0 aliphatic heterocycles. The van der Waals surface area contributed by atoms with Gasteiger partial charge in [0, 0.05) is 12.1 Å². The van der Waals surface area contributed by atoms with Crippen LogP contribution in [-0.4, -0.2) is 16.6 Å². The first kappa shape index (κ1) is 15.9. The van der Waals surface area contributed by atoms with Crippen LogP contribution >= 0.6 is 23.1 Å². The second-order valence-electron chi connectivity index (χ2n) is 4.79. The molecule has 0 atom stereocenters. The Labute approximate surface area is 133 Å². The molecule has 0 saturated heterocycles. The monoisotopic (exact) mass is 321 g/mol.